The van der Waals surface area contributed by atoms with Crippen LogP contribution in [0.4, 0.5) is 4.39 Å². The molecular weight excluding hydrogens is 305 g/mol. The molecule has 128 valence electrons. The topological polar surface area (TPSA) is 41.5 Å². The quantitative estimate of drug-likeness (QED) is 0.881. The van der Waals surface area contributed by atoms with E-state index in [1.54, 1.807) is 12.1 Å². The normalized spacial score (nSPS) is 23.9. The van der Waals surface area contributed by atoms with Crippen LogP contribution in [0.3, 0.4) is 0 Å². The maximum Gasteiger partial charge on any atom is 0.127 e. The second-order valence-corrected chi connectivity index (χ2v) is 6.42. The van der Waals surface area contributed by atoms with Crippen molar-refractivity contribution < 1.29 is 14.2 Å². The van der Waals surface area contributed by atoms with E-state index in [0.717, 1.165) is 30.6 Å². The molecule has 3 atom stereocenters. The number of para-hydroxylation sites is 1. The number of aliphatic hydroxyl groups is 1. The molecule has 1 saturated carbocycles. The number of hydrogen-bond donors (Lipinski definition) is 2. The number of rotatable bonds is 5. The maximum absolute atomic E-state index is 13.7. The lowest BCUT2D eigenvalue weighted by molar-refractivity contribution is -0.0160. The molecule has 2 aromatic rings. The van der Waals surface area contributed by atoms with E-state index < -0.39 is 6.10 Å². The molecule has 0 amide bonds. The number of aliphatic hydroxyl groups excluding tert-OH is 1. The Morgan fingerprint density at radius 1 is 1.12 bits per heavy atom. The summed E-state index contributed by atoms with van der Waals surface area (Å²) in [5.41, 5.74) is 1.68. The molecule has 0 unspecified atom stereocenters. The first-order valence-electron chi connectivity index (χ1n) is 8.52. The van der Waals surface area contributed by atoms with Crippen molar-refractivity contribution in [3.05, 3.63) is 65.5 Å². The zero-order chi connectivity index (χ0) is 16.9. The molecule has 0 radical (unpaired) electrons. The van der Waals surface area contributed by atoms with Crippen LogP contribution in [0.2, 0.25) is 0 Å². The predicted octanol–water partition coefficient (Wildman–Crippen LogP) is 3.58. The van der Waals surface area contributed by atoms with Gasteiger partial charge in [0.15, 0.2) is 0 Å². The summed E-state index contributed by atoms with van der Waals surface area (Å²) in [5, 5.41) is 13.9. The Morgan fingerprint density at radius 3 is 2.67 bits per heavy atom. The number of ether oxygens (including phenoxy) is 1. The van der Waals surface area contributed by atoms with Crippen molar-refractivity contribution in [2.75, 3.05) is 0 Å². The molecule has 1 fully saturated rings. The van der Waals surface area contributed by atoms with Gasteiger partial charge in [0.2, 0.25) is 0 Å². The lowest BCUT2D eigenvalue weighted by Gasteiger charge is -2.35. The van der Waals surface area contributed by atoms with E-state index >= 15 is 0 Å². The van der Waals surface area contributed by atoms with Gasteiger partial charge in [-0.3, -0.25) is 0 Å². The fourth-order valence-electron chi connectivity index (χ4n) is 3.23. The first-order chi connectivity index (χ1) is 11.6. The van der Waals surface area contributed by atoms with Gasteiger partial charge in [-0.1, -0.05) is 36.4 Å². The SMILES string of the molecule is Cc1ccccc1O[C@@H]1CCC[C@H](NCc2ccccc2F)[C@H]1O. The molecule has 1 aliphatic rings. The third-order valence-corrected chi connectivity index (χ3v) is 4.68. The minimum atomic E-state index is -0.606. The molecule has 0 bridgehead atoms. The molecule has 0 heterocycles. The van der Waals surface area contributed by atoms with E-state index in [0.29, 0.717) is 12.1 Å². The van der Waals surface area contributed by atoms with Crippen LogP contribution in [0.25, 0.3) is 0 Å². The average molecular weight is 329 g/mol. The van der Waals surface area contributed by atoms with Gasteiger partial charge in [0.05, 0.1) is 0 Å². The molecule has 2 aromatic carbocycles. The highest BCUT2D eigenvalue weighted by Crippen LogP contribution is 2.26. The molecule has 0 aliphatic heterocycles. The monoisotopic (exact) mass is 329 g/mol. The Bertz CT molecular complexity index is 676. The summed E-state index contributed by atoms with van der Waals surface area (Å²) in [5.74, 6) is 0.597. The highest BCUT2D eigenvalue weighted by Gasteiger charge is 2.33. The van der Waals surface area contributed by atoms with Crippen LogP contribution in [-0.4, -0.2) is 23.4 Å². The first kappa shape index (κ1) is 16.9. The third-order valence-electron chi connectivity index (χ3n) is 4.68. The van der Waals surface area contributed by atoms with Gasteiger partial charge in [0.25, 0.3) is 0 Å². The third kappa shape index (κ3) is 3.94. The van der Waals surface area contributed by atoms with Crippen LogP contribution in [-0.2, 0) is 6.54 Å². The number of aryl methyl sites for hydroxylation is 1. The Labute approximate surface area is 142 Å². The summed E-state index contributed by atoms with van der Waals surface area (Å²) in [6.07, 6.45) is 1.82. The van der Waals surface area contributed by atoms with Crippen molar-refractivity contribution in [2.24, 2.45) is 0 Å². The molecule has 3 nitrogen and oxygen atoms in total. The molecule has 2 N–H and O–H groups in total. The highest BCUT2D eigenvalue weighted by atomic mass is 19.1. The van der Waals surface area contributed by atoms with Gasteiger partial charge < -0.3 is 15.2 Å². The second-order valence-electron chi connectivity index (χ2n) is 6.42. The molecule has 24 heavy (non-hydrogen) atoms. The molecule has 0 saturated heterocycles. The zero-order valence-electron chi connectivity index (χ0n) is 13.9. The summed E-state index contributed by atoms with van der Waals surface area (Å²) >= 11 is 0. The molecule has 0 aromatic heterocycles. The van der Waals surface area contributed by atoms with Gasteiger partial charge in [-0.2, -0.15) is 0 Å². The van der Waals surface area contributed by atoms with Gasteiger partial charge >= 0.3 is 0 Å². The van der Waals surface area contributed by atoms with Crippen LogP contribution in [0, 0.1) is 12.7 Å². The molecule has 1 aliphatic carbocycles. The van der Waals surface area contributed by atoms with Crippen LogP contribution < -0.4 is 10.1 Å². The van der Waals surface area contributed by atoms with E-state index in [2.05, 4.69) is 5.32 Å². The molecule has 3 rings (SSSR count). The fourth-order valence-corrected chi connectivity index (χ4v) is 3.23. The Balaban J connectivity index is 1.61. The van der Waals surface area contributed by atoms with Crippen molar-refractivity contribution in [1.29, 1.82) is 0 Å². The summed E-state index contributed by atoms with van der Waals surface area (Å²) in [6.45, 7) is 2.41. The standard InChI is InChI=1S/C20H24FNO2/c1-14-7-2-5-11-18(14)24-19-12-6-10-17(20(19)23)22-13-15-8-3-4-9-16(15)21/h2-5,7-9,11,17,19-20,22-23H,6,10,12-13H2,1H3/t17-,19+,20+/m0/s1. The van der Waals surface area contributed by atoms with Crippen molar-refractivity contribution in [1.82, 2.24) is 5.32 Å². The van der Waals surface area contributed by atoms with E-state index in [-0.39, 0.29) is 18.0 Å². The number of halogens is 1. The van der Waals surface area contributed by atoms with Gasteiger partial charge in [-0.15, -0.1) is 0 Å². The van der Waals surface area contributed by atoms with Crippen molar-refractivity contribution in [3.8, 4) is 5.75 Å². The molecular formula is C20H24FNO2. The minimum Gasteiger partial charge on any atom is -0.487 e. The van der Waals surface area contributed by atoms with Crippen LogP contribution in [0.5, 0.6) is 5.75 Å². The van der Waals surface area contributed by atoms with Crippen LogP contribution in [0.15, 0.2) is 48.5 Å². The van der Waals surface area contributed by atoms with Gasteiger partial charge in [-0.05, 0) is 43.9 Å². The fraction of sp³-hybridized carbons (Fsp3) is 0.400. The zero-order valence-corrected chi connectivity index (χ0v) is 13.9. The van der Waals surface area contributed by atoms with Gasteiger partial charge in [-0.25, -0.2) is 4.39 Å². The smallest absolute Gasteiger partial charge is 0.127 e. The lowest BCUT2D eigenvalue weighted by atomic mass is 9.89. The Hall–Kier alpha value is -1.91. The molecule has 0 spiro atoms. The Morgan fingerprint density at radius 2 is 1.88 bits per heavy atom. The number of hydrogen-bond acceptors (Lipinski definition) is 3. The summed E-state index contributed by atoms with van der Waals surface area (Å²) in [7, 11) is 0. The van der Waals surface area contributed by atoms with Crippen molar-refractivity contribution >= 4 is 0 Å². The second kappa shape index (κ2) is 7.77. The largest absolute Gasteiger partial charge is 0.487 e. The van der Waals surface area contributed by atoms with E-state index in [9.17, 15) is 9.50 Å². The average Bonchev–Trinajstić information content (AvgIpc) is 2.59. The van der Waals surface area contributed by atoms with E-state index in [1.807, 2.05) is 37.3 Å². The maximum atomic E-state index is 13.7. The molecule has 4 heteroatoms. The summed E-state index contributed by atoms with van der Waals surface area (Å²) < 4.78 is 19.8. The van der Waals surface area contributed by atoms with E-state index in [4.69, 9.17) is 4.74 Å². The lowest BCUT2D eigenvalue weighted by Crippen LogP contribution is -2.51. The van der Waals surface area contributed by atoms with Gasteiger partial charge in [0.1, 0.15) is 23.8 Å². The highest BCUT2D eigenvalue weighted by molar-refractivity contribution is 5.32. The first-order valence-corrected chi connectivity index (χ1v) is 8.52. The van der Waals surface area contributed by atoms with Crippen LogP contribution in [0.1, 0.15) is 30.4 Å². The predicted molar refractivity (Wildman–Crippen MR) is 92.5 cm³/mol. The summed E-state index contributed by atoms with van der Waals surface area (Å²) in [6, 6.07) is 14.5. The summed E-state index contributed by atoms with van der Waals surface area (Å²) in [4.78, 5) is 0. The van der Waals surface area contributed by atoms with Crippen molar-refractivity contribution in [3.63, 3.8) is 0 Å². The van der Waals surface area contributed by atoms with E-state index in [1.165, 1.54) is 6.07 Å². The Kier molecular flexibility index (Phi) is 5.48. The number of benzene rings is 2. The van der Waals surface area contributed by atoms with Gasteiger partial charge in [0, 0.05) is 18.2 Å². The van der Waals surface area contributed by atoms with Crippen molar-refractivity contribution in [2.45, 2.75) is 51.0 Å². The number of nitrogens with one attached hydrogen (secondary N) is 1. The minimum absolute atomic E-state index is 0.0904. The van der Waals surface area contributed by atoms with Crippen LogP contribution >= 0.6 is 0 Å².